The first-order chi connectivity index (χ1) is 8.84. The van der Waals surface area contributed by atoms with E-state index < -0.39 is 6.10 Å². The Morgan fingerprint density at radius 2 is 1.94 bits per heavy atom. The fourth-order valence-electron chi connectivity index (χ4n) is 2.42. The Bertz CT molecular complexity index is 539. The van der Waals surface area contributed by atoms with E-state index in [2.05, 4.69) is 9.97 Å². The van der Waals surface area contributed by atoms with Crippen molar-refractivity contribution in [1.82, 2.24) is 9.97 Å². The molecule has 2 aromatic rings. The van der Waals surface area contributed by atoms with Crippen LogP contribution < -0.4 is 0 Å². The fourth-order valence-corrected chi connectivity index (χ4v) is 2.42. The zero-order valence-electron chi connectivity index (χ0n) is 10.2. The zero-order valence-corrected chi connectivity index (χ0v) is 10.2. The molecule has 0 amide bonds. The molecule has 0 fully saturated rings. The maximum atomic E-state index is 10.0. The zero-order chi connectivity index (χ0) is 12.4. The number of aliphatic hydroxyl groups is 1. The lowest BCUT2D eigenvalue weighted by Crippen LogP contribution is -2.04. The first-order valence-electron chi connectivity index (χ1n) is 6.44. The van der Waals surface area contributed by atoms with Gasteiger partial charge in [0.05, 0.1) is 11.8 Å². The van der Waals surface area contributed by atoms with E-state index in [9.17, 15) is 5.11 Å². The number of aliphatic hydroxyl groups excluding tert-OH is 1. The lowest BCUT2D eigenvalue weighted by atomic mass is 10.1. The smallest absolute Gasteiger partial charge is 0.159 e. The van der Waals surface area contributed by atoms with Crippen molar-refractivity contribution in [2.24, 2.45) is 0 Å². The van der Waals surface area contributed by atoms with Gasteiger partial charge in [0.2, 0.25) is 0 Å². The second kappa shape index (κ2) is 4.86. The van der Waals surface area contributed by atoms with Crippen LogP contribution in [0, 0.1) is 0 Å². The molecule has 1 aromatic heterocycles. The molecule has 0 spiro atoms. The van der Waals surface area contributed by atoms with Crippen LogP contribution in [0.1, 0.15) is 36.6 Å². The van der Waals surface area contributed by atoms with Gasteiger partial charge in [-0.15, -0.1) is 0 Å². The third-order valence-electron chi connectivity index (χ3n) is 3.43. The molecule has 0 radical (unpaired) electrons. The van der Waals surface area contributed by atoms with Gasteiger partial charge in [0, 0.05) is 17.3 Å². The second-order valence-corrected chi connectivity index (χ2v) is 4.72. The SMILES string of the molecule is O[C@@H]1CCCCc2nc(-c3ccccc3)ncc21. The fraction of sp³-hybridized carbons (Fsp3) is 0.333. The number of hydrogen-bond donors (Lipinski definition) is 1. The van der Waals surface area contributed by atoms with Crippen LogP contribution in [0.2, 0.25) is 0 Å². The van der Waals surface area contributed by atoms with Gasteiger partial charge in [-0.05, 0) is 19.3 Å². The highest BCUT2D eigenvalue weighted by atomic mass is 16.3. The summed E-state index contributed by atoms with van der Waals surface area (Å²) in [5, 5.41) is 10.0. The Hall–Kier alpha value is -1.74. The monoisotopic (exact) mass is 240 g/mol. The average molecular weight is 240 g/mol. The van der Waals surface area contributed by atoms with E-state index in [1.165, 1.54) is 0 Å². The number of nitrogens with zero attached hydrogens (tertiary/aromatic N) is 2. The van der Waals surface area contributed by atoms with Gasteiger partial charge in [-0.2, -0.15) is 0 Å². The first kappa shape index (κ1) is 11.4. The van der Waals surface area contributed by atoms with Gasteiger partial charge in [-0.3, -0.25) is 0 Å². The van der Waals surface area contributed by atoms with Crippen molar-refractivity contribution in [2.45, 2.75) is 31.8 Å². The molecule has 1 N–H and O–H groups in total. The summed E-state index contributed by atoms with van der Waals surface area (Å²) in [7, 11) is 0. The third-order valence-corrected chi connectivity index (χ3v) is 3.43. The van der Waals surface area contributed by atoms with Crippen LogP contribution in [0.3, 0.4) is 0 Å². The van der Waals surface area contributed by atoms with Crippen molar-refractivity contribution in [3.05, 3.63) is 47.8 Å². The summed E-state index contributed by atoms with van der Waals surface area (Å²) in [6.45, 7) is 0. The van der Waals surface area contributed by atoms with Crippen LogP contribution in [-0.4, -0.2) is 15.1 Å². The summed E-state index contributed by atoms with van der Waals surface area (Å²) in [5.74, 6) is 0.753. The predicted molar refractivity (Wildman–Crippen MR) is 70.0 cm³/mol. The van der Waals surface area contributed by atoms with E-state index in [1.807, 2.05) is 30.3 Å². The number of rotatable bonds is 1. The Labute approximate surface area is 107 Å². The summed E-state index contributed by atoms with van der Waals surface area (Å²) in [5.41, 5.74) is 2.94. The van der Waals surface area contributed by atoms with Crippen LogP contribution in [0.25, 0.3) is 11.4 Å². The van der Waals surface area contributed by atoms with Crippen molar-refractivity contribution in [3.8, 4) is 11.4 Å². The Morgan fingerprint density at radius 1 is 1.11 bits per heavy atom. The summed E-state index contributed by atoms with van der Waals surface area (Å²) < 4.78 is 0. The van der Waals surface area contributed by atoms with E-state index in [0.29, 0.717) is 0 Å². The van der Waals surface area contributed by atoms with Gasteiger partial charge < -0.3 is 5.11 Å². The number of benzene rings is 1. The van der Waals surface area contributed by atoms with Crippen LogP contribution in [0.5, 0.6) is 0 Å². The molecule has 18 heavy (non-hydrogen) atoms. The topological polar surface area (TPSA) is 46.0 Å². The van der Waals surface area contributed by atoms with Crippen molar-refractivity contribution >= 4 is 0 Å². The molecule has 0 aliphatic heterocycles. The average Bonchev–Trinajstić information content (AvgIpc) is 2.61. The Balaban J connectivity index is 2.03. The lowest BCUT2D eigenvalue weighted by Gasteiger charge is -2.11. The Kier molecular flexibility index (Phi) is 3.07. The molecule has 3 nitrogen and oxygen atoms in total. The van der Waals surface area contributed by atoms with Crippen molar-refractivity contribution in [3.63, 3.8) is 0 Å². The number of hydrogen-bond acceptors (Lipinski definition) is 3. The predicted octanol–water partition coefficient (Wildman–Crippen LogP) is 2.90. The van der Waals surface area contributed by atoms with Gasteiger partial charge in [0.15, 0.2) is 5.82 Å². The Morgan fingerprint density at radius 3 is 2.78 bits per heavy atom. The molecule has 1 aliphatic carbocycles. The molecule has 0 saturated carbocycles. The van der Waals surface area contributed by atoms with Gasteiger partial charge in [-0.25, -0.2) is 9.97 Å². The minimum atomic E-state index is -0.396. The lowest BCUT2D eigenvalue weighted by molar-refractivity contribution is 0.166. The van der Waals surface area contributed by atoms with E-state index >= 15 is 0 Å². The van der Waals surface area contributed by atoms with E-state index in [1.54, 1.807) is 6.20 Å². The molecule has 3 rings (SSSR count). The number of fused-ring (bicyclic) bond motifs is 1. The largest absolute Gasteiger partial charge is 0.388 e. The maximum absolute atomic E-state index is 10.0. The van der Waals surface area contributed by atoms with Gasteiger partial charge in [0.1, 0.15) is 0 Å². The highest BCUT2D eigenvalue weighted by molar-refractivity contribution is 5.54. The third kappa shape index (κ3) is 2.14. The summed E-state index contributed by atoms with van der Waals surface area (Å²) >= 11 is 0. The minimum absolute atomic E-state index is 0.396. The molecule has 3 heteroatoms. The first-order valence-corrected chi connectivity index (χ1v) is 6.44. The molecule has 0 unspecified atom stereocenters. The molecular weight excluding hydrogens is 224 g/mol. The van der Waals surface area contributed by atoms with Crippen LogP contribution in [-0.2, 0) is 6.42 Å². The molecule has 1 heterocycles. The molecule has 1 atom stereocenters. The van der Waals surface area contributed by atoms with Gasteiger partial charge in [-0.1, -0.05) is 36.8 Å². The van der Waals surface area contributed by atoms with Crippen LogP contribution >= 0.6 is 0 Å². The van der Waals surface area contributed by atoms with Crippen molar-refractivity contribution < 1.29 is 5.11 Å². The maximum Gasteiger partial charge on any atom is 0.159 e. The van der Waals surface area contributed by atoms with Crippen molar-refractivity contribution in [1.29, 1.82) is 0 Å². The standard InChI is InChI=1S/C15H16N2O/c18-14-9-5-4-8-13-12(14)10-16-15(17-13)11-6-2-1-3-7-11/h1-3,6-7,10,14,18H,4-5,8-9H2/t14-/m1/s1. The van der Waals surface area contributed by atoms with Crippen LogP contribution in [0.15, 0.2) is 36.5 Å². The van der Waals surface area contributed by atoms with Gasteiger partial charge in [0.25, 0.3) is 0 Å². The highest BCUT2D eigenvalue weighted by Gasteiger charge is 2.18. The molecule has 92 valence electrons. The summed E-state index contributed by atoms with van der Waals surface area (Å²) in [6.07, 6.45) is 5.30. The molecule has 0 saturated heterocycles. The van der Waals surface area contributed by atoms with Gasteiger partial charge >= 0.3 is 0 Å². The molecule has 1 aromatic carbocycles. The quantitative estimate of drug-likeness (QED) is 0.779. The summed E-state index contributed by atoms with van der Waals surface area (Å²) in [4.78, 5) is 9.01. The summed E-state index contributed by atoms with van der Waals surface area (Å²) in [6, 6.07) is 9.97. The molecule has 1 aliphatic rings. The number of aromatic nitrogens is 2. The highest BCUT2D eigenvalue weighted by Crippen LogP contribution is 2.28. The normalized spacial score (nSPS) is 19.1. The van der Waals surface area contributed by atoms with E-state index in [0.717, 1.165) is 48.3 Å². The molecular formula is C15H16N2O. The molecule has 0 bridgehead atoms. The second-order valence-electron chi connectivity index (χ2n) is 4.72. The van der Waals surface area contributed by atoms with Crippen LogP contribution in [0.4, 0.5) is 0 Å². The van der Waals surface area contributed by atoms with E-state index in [-0.39, 0.29) is 0 Å². The van der Waals surface area contributed by atoms with Crippen molar-refractivity contribution in [2.75, 3.05) is 0 Å². The number of aryl methyl sites for hydroxylation is 1. The van der Waals surface area contributed by atoms with E-state index in [4.69, 9.17) is 0 Å². The minimum Gasteiger partial charge on any atom is -0.388 e.